The molecule has 3 N–H and O–H groups in total. The van der Waals surface area contributed by atoms with E-state index in [1.165, 1.54) is 18.2 Å². The van der Waals surface area contributed by atoms with Crippen LogP contribution in [0.5, 0.6) is 0 Å². The van der Waals surface area contributed by atoms with Crippen molar-refractivity contribution < 1.29 is 17.2 Å². The van der Waals surface area contributed by atoms with Gasteiger partial charge in [-0.05, 0) is 43.1 Å². The molecule has 1 atom stereocenters. The maximum Gasteiger partial charge on any atom is 0.261 e. The molecule has 1 aromatic heterocycles. The van der Waals surface area contributed by atoms with Gasteiger partial charge in [0.25, 0.3) is 10.0 Å². The van der Waals surface area contributed by atoms with E-state index in [1.807, 2.05) is 6.92 Å². The highest BCUT2D eigenvalue weighted by Gasteiger charge is 2.17. The second-order valence-corrected chi connectivity index (χ2v) is 8.68. The smallest absolute Gasteiger partial charge is 0.261 e. The van der Waals surface area contributed by atoms with E-state index < -0.39 is 19.8 Å². The van der Waals surface area contributed by atoms with Crippen LogP contribution in [0.4, 0.5) is 5.69 Å². The molecule has 24 heavy (non-hydrogen) atoms. The van der Waals surface area contributed by atoms with Gasteiger partial charge in [0.1, 0.15) is 9.80 Å². The molecule has 1 heterocycles. The Labute approximate surface area is 139 Å². The van der Waals surface area contributed by atoms with Crippen LogP contribution < -0.4 is 4.72 Å². The van der Waals surface area contributed by atoms with Crippen LogP contribution in [0.1, 0.15) is 5.56 Å². The number of rotatable bonds is 4. The van der Waals surface area contributed by atoms with Gasteiger partial charge in [-0.25, -0.2) is 17.6 Å². The summed E-state index contributed by atoms with van der Waals surface area (Å²) in [5, 5.41) is -0.196. The van der Waals surface area contributed by atoms with Gasteiger partial charge < -0.3 is 9.54 Å². The second kappa shape index (κ2) is 5.62. The van der Waals surface area contributed by atoms with Gasteiger partial charge in [-0.1, -0.05) is 17.7 Å². The van der Waals surface area contributed by atoms with Gasteiger partial charge in [0, 0.05) is 5.69 Å². The molecule has 0 radical (unpaired) electrons. The molecule has 9 heteroatoms. The zero-order valence-electron chi connectivity index (χ0n) is 12.7. The van der Waals surface area contributed by atoms with Crippen molar-refractivity contribution in [1.82, 2.24) is 9.97 Å². The van der Waals surface area contributed by atoms with Crippen molar-refractivity contribution in [3.05, 3.63) is 48.0 Å². The summed E-state index contributed by atoms with van der Waals surface area (Å²) in [6.45, 7) is 1.91. The average Bonchev–Trinajstić information content (AvgIpc) is 2.92. The molecule has 2 aromatic carbocycles. The summed E-state index contributed by atoms with van der Waals surface area (Å²) in [4.78, 5) is 6.58. The van der Waals surface area contributed by atoms with Crippen molar-refractivity contribution >= 4 is 42.4 Å². The van der Waals surface area contributed by atoms with Crippen LogP contribution in [-0.2, 0) is 19.8 Å². The summed E-state index contributed by atoms with van der Waals surface area (Å²) in [6, 6.07) is 11.1. The zero-order valence-corrected chi connectivity index (χ0v) is 14.3. The molecule has 0 spiro atoms. The highest BCUT2D eigenvalue weighted by Crippen LogP contribution is 2.21. The Morgan fingerprint density at radius 3 is 2.42 bits per heavy atom. The summed E-state index contributed by atoms with van der Waals surface area (Å²) in [5.74, 6) is 3.13. The molecule has 0 saturated carbocycles. The molecule has 1 unspecified atom stereocenters. The average molecular weight is 365 g/mol. The third kappa shape index (κ3) is 3.28. The minimum atomic E-state index is -3.79. The zero-order chi connectivity index (χ0) is 17.5. The van der Waals surface area contributed by atoms with E-state index in [9.17, 15) is 17.2 Å². The van der Waals surface area contributed by atoms with Crippen LogP contribution in [-0.4, -0.2) is 33.0 Å². The highest BCUT2D eigenvalue weighted by atomic mass is 32.2. The summed E-state index contributed by atoms with van der Waals surface area (Å²) >= 11 is 0. The van der Waals surface area contributed by atoms with Gasteiger partial charge in [0.15, 0.2) is 0 Å². The topological polar surface area (TPSA) is 112 Å². The summed E-state index contributed by atoms with van der Waals surface area (Å²) in [5.41, 5.74) is 2.18. The number of anilines is 1. The standard InChI is InChI=1S/C15H15N3O4S2/c1-10-3-5-11(6-4-10)18-24(21,22)12-7-8-13-14(9-12)17-15(16-13)23(2,19)20/h3-9,18H,2H2,1H3,(H,16,17)(H,19,20). The van der Waals surface area contributed by atoms with Crippen LogP contribution in [0.15, 0.2) is 52.5 Å². The molecule has 0 fully saturated rings. The molecule has 3 aromatic rings. The number of benzene rings is 2. The van der Waals surface area contributed by atoms with Crippen LogP contribution in [0, 0.1) is 6.92 Å². The number of aryl methyl sites for hydroxylation is 1. The number of aromatic nitrogens is 2. The maximum atomic E-state index is 12.5. The third-order valence-corrected chi connectivity index (χ3v) is 5.52. The third-order valence-electron chi connectivity index (χ3n) is 3.35. The first kappa shape index (κ1) is 16.5. The van der Waals surface area contributed by atoms with Gasteiger partial charge in [-0.2, -0.15) is 0 Å². The Morgan fingerprint density at radius 2 is 1.79 bits per heavy atom. The lowest BCUT2D eigenvalue weighted by Gasteiger charge is -2.08. The van der Waals surface area contributed by atoms with Gasteiger partial charge in [0.2, 0.25) is 5.16 Å². The quantitative estimate of drug-likeness (QED) is 0.614. The maximum absolute atomic E-state index is 12.5. The van der Waals surface area contributed by atoms with E-state index in [1.54, 1.807) is 24.3 Å². The van der Waals surface area contributed by atoms with Crippen LogP contribution >= 0.6 is 0 Å². The fourth-order valence-electron chi connectivity index (χ4n) is 2.12. The molecule has 0 amide bonds. The Hall–Kier alpha value is -2.36. The first-order chi connectivity index (χ1) is 11.1. The number of imidazole rings is 1. The van der Waals surface area contributed by atoms with Gasteiger partial charge in [0.05, 0.1) is 15.9 Å². The van der Waals surface area contributed by atoms with Crippen LogP contribution in [0.25, 0.3) is 11.0 Å². The summed E-state index contributed by atoms with van der Waals surface area (Å²) < 4.78 is 48.4. The number of H-pyrrole nitrogens is 1. The van der Waals surface area contributed by atoms with Crippen molar-refractivity contribution in [3.63, 3.8) is 0 Å². The lowest BCUT2D eigenvalue weighted by Crippen LogP contribution is -2.12. The number of sulfonamides is 1. The molecule has 0 bridgehead atoms. The summed E-state index contributed by atoms with van der Waals surface area (Å²) in [6.07, 6.45) is 0. The molecular weight excluding hydrogens is 350 g/mol. The second-order valence-electron chi connectivity index (χ2n) is 5.33. The van der Waals surface area contributed by atoms with Crippen molar-refractivity contribution in [3.8, 4) is 0 Å². The molecule has 126 valence electrons. The molecule has 7 nitrogen and oxygen atoms in total. The van der Waals surface area contributed by atoms with E-state index in [-0.39, 0.29) is 10.1 Å². The molecular formula is C15H15N3O4S2. The normalized spacial score (nSPS) is 14.4. The van der Waals surface area contributed by atoms with Crippen molar-refractivity contribution in [2.24, 2.45) is 0 Å². The highest BCUT2D eigenvalue weighted by molar-refractivity contribution is 7.95. The van der Waals surface area contributed by atoms with E-state index in [0.29, 0.717) is 16.7 Å². The first-order valence-electron chi connectivity index (χ1n) is 6.84. The Balaban J connectivity index is 2.00. The minimum Gasteiger partial charge on any atom is -0.329 e. The van der Waals surface area contributed by atoms with Crippen LogP contribution in [0.3, 0.4) is 0 Å². The molecule has 3 rings (SSSR count). The van der Waals surface area contributed by atoms with Crippen molar-refractivity contribution in [1.29, 1.82) is 0 Å². The predicted molar refractivity (Wildman–Crippen MR) is 94.2 cm³/mol. The number of aromatic amines is 1. The Kier molecular flexibility index (Phi) is 3.86. The monoisotopic (exact) mass is 365 g/mol. The SMILES string of the molecule is C=S(=O)(O)c1nc2ccc(S(=O)(=O)Nc3ccc(C)cc3)cc2[nH]1. The number of nitrogens with one attached hydrogen (secondary N) is 2. The number of nitrogens with zero attached hydrogens (tertiary/aromatic N) is 1. The Morgan fingerprint density at radius 1 is 1.12 bits per heavy atom. The minimum absolute atomic E-state index is 0.0132. The number of hydrogen-bond acceptors (Lipinski definition) is 4. The Bertz CT molecular complexity index is 1120. The lowest BCUT2D eigenvalue weighted by atomic mass is 10.2. The van der Waals surface area contributed by atoms with E-state index in [4.69, 9.17) is 0 Å². The number of fused-ring (bicyclic) bond motifs is 1. The van der Waals surface area contributed by atoms with Crippen LogP contribution in [0.2, 0.25) is 0 Å². The first-order valence-corrected chi connectivity index (χ1v) is 10.0. The predicted octanol–water partition coefficient (Wildman–Crippen LogP) is 2.22. The van der Waals surface area contributed by atoms with Gasteiger partial charge in [-0.15, -0.1) is 0 Å². The number of hydrogen-bond donors (Lipinski definition) is 3. The summed E-state index contributed by atoms with van der Waals surface area (Å²) in [7, 11) is -7.29. The van der Waals surface area contributed by atoms with Gasteiger partial charge >= 0.3 is 0 Å². The largest absolute Gasteiger partial charge is 0.329 e. The molecule has 0 aliphatic rings. The van der Waals surface area contributed by atoms with E-state index in [0.717, 1.165) is 5.56 Å². The fraction of sp³-hybridized carbons (Fsp3) is 0.0667. The van der Waals surface area contributed by atoms with Crippen molar-refractivity contribution in [2.45, 2.75) is 17.0 Å². The van der Waals surface area contributed by atoms with E-state index >= 15 is 0 Å². The molecule has 0 aliphatic carbocycles. The molecule has 0 saturated heterocycles. The van der Waals surface area contributed by atoms with Crippen molar-refractivity contribution in [2.75, 3.05) is 4.72 Å². The fourth-order valence-corrected chi connectivity index (χ4v) is 3.71. The van der Waals surface area contributed by atoms with E-state index in [2.05, 4.69) is 20.6 Å². The van der Waals surface area contributed by atoms with Gasteiger partial charge in [-0.3, -0.25) is 4.72 Å². The molecule has 0 aliphatic heterocycles. The lowest BCUT2D eigenvalue weighted by molar-refractivity contribution is 0.553.